The number of H-pyrrole nitrogens is 1. The van der Waals surface area contributed by atoms with Crippen LogP contribution in [0.4, 0.5) is 5.69 Å². The van der Waals surface area contributed by atoms with Crippen LogP contribution in [-0.2, 0) is 4.74 Å². The maximum Gasteiger partial charge on any atom is 0.364 e. The molecule has 2 aromatic rings. The highest BCUT2D eigenvalue weighted by Gasteiger charge is 2.17. The van der Waals surface area contributed by atoms with Crippen molar-refractivity contribution in [2.45, 2.75) is 0 Å². The molecule has 3 rings (SSSR count). The maximum atomic E-state index is 11.3. The number of morpholine rings is 1. The lowest BCUT2D eigenvalue weighted by Crippen LogP contribution is -2.36. The summed E-state index contributed by atoms with van der Waals surface area (Å²) in [5, 5.41) is 10.5. The summed E-state index contributed by atoms with van der Waals surface area (Å²) >= 11 is 6.07. The summed E-state index contributed by atoms with van der Waals surface area (Å²) in [6, 6.07) is 1.75. The molecule has 2 aromatic heterocycles. The van der Waals surface area contributed by atoms with Crippen molar-refractivity contribution in [2.75, 3.05) is 31.2 Å². The van der Waals surface area contributed by atoms with Gasteiger partial charge in [0.25, 0.3) is 0 Å². The Labute approximate surface area is 101 Å². The average molecular weight is 256 g/mol. The van der Waals surface area contributed by atoms with Crippen molar-refractivity contribution >= 4 is 22.9 Å². The Kier molecular flexibility index (Phi) is 2.49. The zero-order valence-electron chi connectivity index (χ0n) is 8.89. The second-order valence-corrected chi connectivity index (χ2v) is 4.08. The van der Waals surface area contributed by atoms with Gasteiger partial charge >= 0.3 is 5.69 Å². The molecule has 3 heterocycles. The summed E-state index contributed by atoms with van der Waals surface area (Å²) in [7, 11) is 0. The van der Waals surface area contributed by atoms with Crippen LogP contribution >= 0.6 is 11.6 Å². The highest BCUT2D eigenvalue weighted by molar-refractivity contribution is 6.32. The average Bonchev–Trinajstić information content (AvgIpc) is 2.71. The molecule has 0 atom stereocenters. The number of hydrogen-bond acceptors (Lipinski definition) is 5. The minimum Gasteiger partial charge on any atom is -0.378 e. The molecule has 0 amide bonds. The van der Waals surface area contributed by atoms with Crippen molar-refractivity contribution in [1.82, 2.24) is 19.8 Å². The Bertz CT molecular complexity index is 601. The van der Waals surface area contributed by atoms with Gasteiger partial charge in [-0.2, -0.15) is 9.61 Å². The first-order valence-electron chi connectivity index (χ1n) is 5.22. The lowest BCUT2D eigenvalue weighted by atomic mass is 10.3. The third-order valence-electron chi connectivity index (χ3n) is 2.69. The molecular formula is C9H10ClN5O2. The van der Waals surface area contributed by atoms with Crippen molar-refractivity contribution in [1.29, 1.82) is 0 Å². The van der Waals surface area contributed by atoms with Crippen LogP contribution in [0.15, 0.2) is 10.9 Å². The summed E-state index contributed by atoms with van der Waals surface area (Å²) < 4.78 is 6.42. The van der Waals surface area contributed by atoms with Gasteiger partial charge < -0.3 is 9.64 Å². The largest absolute Gasteiger partial charge is 0.378 e. The van der Waals surface area contributed by atoms with Gasteiger partial charge in [-0.25, -0.2) is 9.89 Å². The topological polar surface area (TPSA) is 75.5 Å². The first-order valence-corrected chi connectivity index (χ1v) is 5.60. The molecule has 1 aliphatic rings. The first kappa shape index (κ1) is 10.5. The highest BCUT2D eigenvalue weighted by Crippen LogP contribution is 2.24. The van der Waals surface area contributed by atoms with E-state index in [1.54, 1.807) is 6.07 Å². The molecule has 1 N–H and O–H groups in total. The summed E-state index contributed by atoms with van der Waals surface area (Å²) in [5.41, 5.74) is 0.845. The molecule has 0 saturated carbocycles. The lowest BCUT2D eigenvalue weighted by Gasteiger charge is -2.28. The molecule has 0 bridgehead atoms. The predicted molar refractivity (Wildman–Crippen MR) is 61.6 cm³/mol. The van der Waals surface area contributed by atoms with Gasteiger partial charge in [-0.1, -0.05) is 11.6 Å². The van der Waals surface area contributed by atoms with Crippen molar-refractivity contribution in [2.24, 2.45) is 0 Å². The Morgan fingerprint density at radius 2 is 2.18 bits per heavy atom. The number of nitrogens with zero attached hydrogens (tertiary/aromatic N) is 4. The lowest BCUT2D eigenvalue weighted by molar-refractivity contribution is 0.122. The summed E-state index contributed by atoms with van der Waals surface area (Å²) in [6.45, 7) is 2.84. The molecule has 1 aliphatic heterocycles. The van der Waals surface area contributed by atoms with Crippen LogP contribution in [0.3, 0.4) is 0 Å². The number of anilines is 1. The number of hydrogen-bond donors (Lipinski definition) is 1. The monoisotopic (exact) mass is 255 g/mol. The van der Waals surface area contributed by atoms with Crippen molar-refractivity contribution in [3.8, 4) is 0 Å². The SMILES string of the molecule is O=c1[nH]nc2cc(N3CCOCC3)c(Cl)nn12. The fraction of sp³-hybridized carbons (Fsp3) is 0.444. The zero-order valence-corrected chi connectivity index (χ0v) is 9.65. The number of aromatic nitrogens is 4. The molecule has 0 radical (unpaired) electrons. The smallest absolute Gasteiger partial charge is 0.364 e. The first-order chi connectivity index (χ1) is 8.25. The summed E-state index contributed by atoms with van der Waals surface area (Å²) in [4.78, 5) is 13.4. The van der Waals surface area contributed by atoms with Gasteiger partial charge in [0.05, 0.1) is 18.9 Å². The van der Waals surface area contributed by atoms with Crippen LogP contribution in [0, 0.1) is 0 Å². The van der Waals surface area contributed by atoms with Crippen LogP contribution in [0.5, 0.6) is 0 Å². The molecule has 0 unspecified atom stereocenters. The second-order valence-electron chi connectivity index (χ2n) is 3.72. The van der Waals surface area contributed by atoms with E-state index < -0.39 is 5.69 Å². The van der Waals surface area contributed by atoms with E-state index in [9.17, 15) is 4.79 Å². The van der Waals surface area contributed by atoms with Crippen molar-refractivity contribution in [3.05, 3.63) is 21.7 Å². The van der Waals surface area contributed by atoms with Crippen molar-refractivity contribution in [3.63, 3.8) is 0 Å². The van der Waals surface area contributed by atoms with E-state index in [1.165, 1.54) is 0 Å². The molecular weight excluding hydrogens is 246 g/mol. The number of fused-ring (bicyclic) bond motifs is 1. The minimum absolute atomic E-state index is 0.294. The van der Waals surface area contributed by atoms with Crippen LogP contribution in [-0.4, -0.2) is 46.1 Å². The van der Waals surface area contributed by atoms with Crippen LogP contribution in [0.1, 0.15) is 0 Å². The zero-order chi connectivity index (χ0) is 11.8. The molecule has 1 saturated heterocycles. The van der Waals surface area contributed by atoms with Gasteiger partial charge in [0.2, 0.25) is 0 Å². The number of halogens is 1. The standard InChI is InChI=1S/C9H10ClN5O2/c10-8-6(14-1-3-17-4-2-14)5-7-11-12-9(16)15(7)13-8/h5H,1-4H2,(H,12,16). The number of nitrogens with one attached hydrogen (secondary N) is 1. The number of aromatic amines is 1. The Balaban J connectivity index is 2.09. The van der Waals surface area contributed by atoms with Gasteiger partial charge in [0.1, 0.15) is 0 Å². The summed E-state index contributed by atoms with van der Waals surface area (Å²) in [6.07, 6.45) is 0. The van der Waals surface area contributed by atoms with Gasteiger partial charge in [-0.3, -0.25) is 0 Å². The van der Waals surface area contributed by atoms with E-state index >= 15 is 0 Å². The van der Waals surface area contributed by atoms with Gasteiger partial charge in [0, 0.05) is 19.2 Å². The molecule has 0 aromatic carbocycles. The fourth-order valence-electron chi connectivity index (χ4n) is 1.84. The molecule has 8 heteroatoms. The molecule has 0 spiro atoms. The highest BCUT2D eigenvalue weighted by atomic mass is 35.5. The maximum absolute atomic E-state index is 11.3. The number of ether oxygens (including phenoxy) is 1. The third-order valence-corrected chi connectivity index (χ3v) is 2.96. The van der Waals surface area contributed by atoms with Crippen LogP contribution in [0.2, 0.25) is 5.15 Å². The Morgan fingerprint density at radius 1 is 1.41 bits per heavy atom. The predicted octanol–water partition coefficient (Wildman–Crippen LogP) is -0.0924. The van der Waals surface area contributed by atoms with Crippen molar-refractivity contribution < 1.29 is 4.74 Å². The Morgan fingerprint density at radius 3 is 2.94 bits per heavy atom. The number of rotatable bonds is 1. The molecule has 90 valence electrons. The van der Waals surface area contributed by atoms with Gasteiger partial charge in [-0.05, 0) is 0 Å². The van der Waals surface area contributed by atoms with Crippen LogP contribution in [0.25, 0.3) is 5.65 Å². The van der Waals surface area contributed by atoms with E-state index in [0.717, 1.165) is 23.3 Å². The van der Waals surface area contributed by atoms with Crippen LogP contribution < -0.4 is 10.6 Å². The third kappa shape index (κ3) is 1.77. The second kappa shape index (κ2) is 4.01. The van der Waals surface area contributed by atoms with E-state index in [-0.39, 0.29) is 0 Å². The van der Waals surface area contributed by atoms with Gasteiger partial charge in [0.15, 0.2) is 10.8 Å². The quantitative estimate of drug-likeness (QED) is 0.771. The van der Waals surface area contributed by atoms with E-state index in [2.05, 4.69) is 20.2 Å². The molecule has 0 aliphatic carbocycles. The molecule has 7 nitrogen and oxygen atoms in total. The van der Waals surface area contributed by atoms with E-state index in [4.69, 9.17) is 16.3 Å². The Hall–Kier alpha value is -1.60. The van der Waals surface area contributed by atoms with Gasteiger partial charge in [-0.15, -0.1) is 5.10 Å². The molecule has 1 fully saturated rings. The molecule has 17 heavy (non-hydrogen) atoms. The normalized spacial score (nSPS) is 16.6. The summed E-state index contributed by atoms with van der Waals surface area (Å²) in [5.74, 6) is 0. The minimum atomic E-state index is -0.393. The fourth-order valence-corrected chi connectivity index (χ4v) is 2.09. The van der Waals surface area contributed by atoms with E-state index in [0.29, 0.717) is 24.0 Å². The van der Waals surface area contributed by atoms with E-state index in [1.807, 2.05) is 0 Å².